The Morgan fingerprint density at radius 3 is 2.70 bits per heavy atom. The number of anilines is 1. The van der Waals surface area contributed by atoms with E-state index in [1.165, 1.54) is 5.56 Å². The van der Waals surface area contributed by atoms with E-state index in [1.807, 2.05) is 19.1 Å². The van der Waals surface area contributed by atoms with Gasteiger partial charge in [-0.15, -0.1) is 0 Å². The van der Waals surface area contributed by atoms with Crippen LogP contribution in [0.2, 0.25) is 0 Å². The van der Waals surface area contributed by atoms with Gasteiger partial charge >= 0.3 is 0 Å². The van der Waals surface area contributed by atoms with Gasteiger partial charge in [0, 0.05) is 6.20 Å². The van der Waals surface area contributed by atoms with E-state index in [-0.39, 0.29) is 18.3 Å². The minimum Gasteiger partial charge on any atom is -0.485 e. The number of benzene rings is 2. The molecule has 6 heteroatoms. The molecule has 0 spiro atoms. The van der Waals surface area contributed by atoms with Gasteiger partial charge in [-0.1, -0.05) is 55.8 Å². The fourth-order valence-electron chi connectivity index (χ4n) is 3.67. The first-order valence-corrected chi connectivity index (χ1v) is 11.1. The average molecular weight is 444 g/mol. The summed E-state index contributed by atoms with van der Waals surface area (Å²) in [4.78, 5) is 12.6. The lowest BCUT2D eigenvalue weighted by Crippen LogP contribution is -2.10. The number of rotatable bonds is 8. The largest absolute Gasteiger partial charge is 0.485 e. The highest BCUT2D eigenvalue weighted by atomic mass is 16.5. The maximum absolute atomic E-state index is 12.6. The highest BCUT2D eigenvalue weighted by molar-refractivity contribution is 6.02. The number of ether oxygens (including phenoxy) is 1. The number of aromatic nitrogens is 2. The summed E-state index contributed by atoms with van der Waals surface area (Å²) in [6.45, 7) is 9.26. The first-order chi connectivity index (χ1) is 15.9. The number of nitrogens with one attached hydrogen (secondary N) is 1. The molecule has 2 heterocycles. The van der Waals surface area contributed by atoms with Crippen molar-refractivity contribution in [3.05, 3.63) is 101 Å². The van der Waals surface area contributed by atoms with Crippen molar-refractivity contribution in [2.45, 2.75) is 46.8 Å². The van der Waals surface area contributed by atoms with Crippen LogP contribution in [0, 0.1) is 13.8 Å². The van der Waals surface area contributed by atoms with Crippen LogP contribution in [0.15, 0.2) is 71.4 Å². The smallest absolute Gasteiger partial charge is 0.291 e. The zero-order valence-electron chi connectivity index (χ0n) is 19.5. The van der Waals surface area contributed by atoms with Gasteiger partial charge < -0.3 is 14.5 Å². The van der Waals surface area contributed by atoms with Crippen LogP contribution in [0.4, 0.5) is 5.69 Å². The number of hydrogen-bond donors (Lipinski definition) is 1. The van der Waals surface area contributed by atoms with Crippen LogP contribution in [0.3, 0.4) is 0 Å². The Hall–Kier alpha value is -3.80. The molecule has 0 aliphatic heterocycles. The Bertz CT molecular complexity index is 1250. The number of amides is 1. The minimum absolute atomic E-state index is 0.230. The number of furan rings is 1. The van der Waals surface area contributed by atoms with E-state index in [4.69, 9.17) is 9.15 Å². The molecule has 4 aromatic rings. The van der Waals surface area contributed by atoms with Crippen LogP contribution >= 0.6 is 0 Å². The molecule has 2 aromatic heterocycles. The monoisotopic (exact) mass is 443 g/mol. The van der Waals surface area contributed by atoms with Gasteiger partial charge in [-0.05, 0) is 54.7 Å². The van der Waals surface area contributed by atoms with E-state index in [0.29, 0.717) is 23.9 Å². The van der Waals surface area contributed by atoms with Gasteiger partial charge in [0.1, 0.15) is 18.1 Å². The molecule has 0 aliphatic rings. The van der Waals surface area contributed by atoms with Crippen LogP contribution in [-0.2, 0) is 13.2 Å². The third-order valence-corrected chi connectivity index (χ3v) is 5.36. The summed E-state index contributed by atoms with van der Waals surface area (Å²) in [5.74, 6) is 1.69. The number of hydrogen-bond acceptors (Lipinski definition) is 4. The Kier molecular flexibility index (Phi) is 6.63. The molecule has 0 saturated carbocycles. The standard InChI is InChI=1S/C27H29N3O3/c1-18(2)24-10-8-20(4)13-26(24)32-17-23-9-11-25(33-23)27(31)29-22-14-28-30(16-22)15-21-7-5-6-19(3)12-21/h5-14,16,18H,15,17H2,1-4H3,(H,29,31). The molecule has 170 valence electrons. The first kappa shape index (κ1) is 22.4. The van der Waals surface area contributed by atoms with Crippen molar-refractivity contribution in [2.75, 3.05) is 5.32 Å². The van der Waals surface area contributed by atoms with Crippen molar-refractivity contribution in [3.8, 4) is 5.75 Å². The topological polar surface area (TPSA) is 69.3 Å². The van der Waals surface area contributed by atoms with Crippen LogP contribution in [-0.4, -0.2) is 15.7 Å². The Labute approximate surface area is 194 Å². The number of nitrogens with zero attached hydrogens (tertiary/aromatic N) is 2. The SMILES string of the molecule is Cc1cccc(Cn2cc(NC(=O)c3ccc(COc4cc(C)ccc4C(C)C)o3)cn2)c1. The fraction of sp³-hybridized carbons (Fsp3) is 0.259. The lowest BCUT2D eigenvalue weighted by Gasteiger charge is -2.14. The lowest BCUT2D eigenvalue weighted by molar-refractivity contribution is 0.0992. The molecule has 33 heavy (non-hydrogen) atoms. The van der Waals surface area contributed by atoms with E-state index < -0.39 is 0 Å². The summed E-state index contributed by atoms with van der Waals surface area (Å²) in [6.07, 6.45) is 3.43. The van der Waals surface area contributed by atoms with Crippen molar-refractivity contribution in [2.24, 2.45) is 0 Å². The Morgan fingerprint density at radius 2 is 1.91 bits per heavy atom. The van der Waals surface area contributed by atoms with E-state index in [2.05, 4.69) is 61.5 Å². The molecular weight excluding hydrogens is 414 g/mol. The molecule has 4 rings (SSSR count). The molecular formula is C27H29N3O3. The maximum Gasteiger partial charge on any atom is 0.291 e. The second-order valence-electron chi connectivity index (χ2n) is 8.62. The summed E-state index contributed by atoms with van der Waals surface area (Å²) < 4.78 is 13.5. The molecule has 6 nitrogen and oxygen atoms in total. The van der Waals surface area contributed by atoms with Gasteiger partial charge in [-0.25, -0.2) is 0 Å². The summed E-state index contributed by atoms with van der Waals surface area (Å²) in [6, 6.07) is 17.9. The molecule has 0 bridgehead atoms. The van der Waals surface area contributed by atoms with Gasteiger partial charge in [0.05, 0.1) is 18.4 Å². The molecule has 0 saturated heterocycles. The average Bonchev–Trinajstić information content (AvgIpc) is 3.42. The zero-order valence-corrected chi connectivity index (χ0v) is 19.5. The predicted octanol–water partition coefficient (Wildman–Crippen LogP) is 6.10. The first-order valence-electron chi connectivity index (χ1n) is 11.1. The quantitative estimate of drug-likeness (QED) is 0.357. The number of carbonyl (C=O) groups is 1. The minimum atomic E-state index is -0.324. The molecule has 0 atom stereocenters. The second-order valence-corrected chi connectivity index (χ2v) is 8.62. The Balaban J connectivity index is 1.36. The summed E-state index contributed by atoms with van der Waals surface area (Å²) in [5, 5.41) is 7.17. The van der Waals surface area contributed by atoms with E-state index in [0.717, 1.165) is 22.4 Å². The van der Waals surface area contributed by atoms with Crippen molar-refractivity contribution in [1.82, 2.24) is 9.78 Å². The van der Waals surface area contributed by atoms with Crippen molar-refractivity contribution in [1.29, 1.82) is 0 Å². The summed E-state index contributed by atoms with van der Waals surface area (Å²) >= 11 is 0. The van der Waals surface area contributed by atoms with Crippen LogP contribution in [0.1, 0.15) is 58.3 Å². The number of aryl methyl sites for hydroxylation is 2. The van der Waals surface area contributed by atoms with Crippen LogP contribution < -0.4 is 10.1 Å². The maximum atomic E-state index is 12.6. The van der Waals surface area contributed by atoms with E-state index >= 15 is 0 Å². The van der Waals surface area contributed by atoms with Gasteiger partial charge in [0.25, 0.3) is 5.91 Å². The predicted molar refractivity (Wildman–Crippen MR) is 129 cm³/mol. The highest BCUT2D eigenvalue weighted by Crippen LogP contribution is 2.28. The molecule has 0 aliphatic carbocycles. The normalized spacial score (nSPS) is 11.1. The van der Waals surface area contributed by atoms with E-state index in [1.54, 1.807) is 29.2 Å². The van der Waals surface area contributed by atoms with Gasteiger partial charge in [-0.3, -0.25) is 9.48 Å². The molecule has 1 N–H and O–H groups in total. The second kappa shape index (κ2) is 9.77. The molecule has 1 amide bonds. The molecule has 0 fully saturated rings. The Morgan fingerprint density at radius 1 is 1.09 bits per heavy atom. The fourth-order valence-corrected chi connectivity index (χ4v) is 3.67. The van der Waals surface area contributed by atoms with Gasteiger partial charge in [0.15, 0.2) is 5.76 Å². The van der Waals surface area contributed by atoms with Crippen molar-refractivity contribution >= 4 is 11.6 Å². The van der Waals surface area contributed by atoms with Gasteiger partial charge in [-0.2, -0.15) is 5.10 Å². The molecule has 0 radical (unpaired) electrons. The molecule has 2 aromatic carbocycles. The summed E-state index contributed by atoms with van der Waals surface area (Å²) in [5.41, 5.74) is 5.25. The van der Waals surface area contributed by atoms with Crippen molar-refractivity contribution < 1.29 is 13.9 Å². The van der Waals surface area contributed by atoms with Crippen molar-refractivity contribution in [3.63, 3.8) is 0 Å². The third kappa shape index (κ3) is 5.71. The van der Waals surface area contributed by atoms with Crippen LogP contribution in [0.25, 0.3) is 0 Å². The lowest BCUT2D eigenvalue weighted by atomic mass is 10.0. The molecule has 0 unspecified atom stereocenters. The number of carbonyl (C=O) groups excluding carboxylic acids is 1. The van der Waals surface area contributed by atoms with E-state index in [9.17, 15) is 4.79 Å². The summed E-state index contributed by atoms with van der Waals surface area (Å²) in [7, 11) is 0. The van der Waals surface area contributed by atoms with Crippen LogP contribution in [0.5, 0.6) is 5.75 Å². The highest BCUT2D eigenvalue weighted by Gasteiger charge is 2.14. The zero-order chi connectivity index (χ0) is 23.4. The van der Waals surface area contributed by atoms with Gasteiger partial charge in [0.2, 0.25) is 0 Å². The third-order valence-electron chi connectivity index (χ3n) is 5.36.